The van der Waals surface area contributed by atoms with Crippen molar-refractivity contribution in [1.82, 2.24) is 0 Å². The molecule has 0 fully saturated rings. The number of hydrogen-bond acceptors (Lipinski definition) is 2. The molecule has 1 aliphatic heterocycles. The van der Waals surface area contributed by atoms with Crippen molar-refractivity contribution in [3.63, 3.8) is 0 Å². The predicted molar refractivity (Wildman–Crippen MR) is 68.2 cm³/mol. The van der Waals surface area contributed by atoms with Crippen LogP contribution in [0.15, 0.2) is 27.9 Å². The van der Waals surface area contributed by atoms with Crippen LogP contribution in [0.2, 0.25) is 0 Å². The number of halogens is 2. The van der Waals surface area contributed by atoms with Gasteiger partial charge in [-0.05, 0) is 0 Å². The van der Waals surface area contributed by atoms with Crippen molar-refractivity contribution in [2.45, 2.75) is 6.92 Å². The standard InChI is InChI=1S/C13H12F2O2Te/c1-2-17-10-5-4-9(12(14)13(10)15)11-6-3-8(7-16)18-11/h3-7H,2,18H2,1H3. The Morgan fingerprint density at radius 3 is 2.67 bits per heavy atom. The van der Waals surface area contributed by atoms with Crippen LogP contribution in [0.25, 0.3) is 3.62 Å². The fourth-order valence-electron chi connectivity index (χ4n) is 1.64. The average molecular weight is 366 g/mol. The number of carbonyl (C=O) groups excluding carboxylic acids is 1. The quantitative estimate of drug-likeness (QED) is 0.602. The number of carbonyl (C=O) groups is 1. The molecule has 0 radical (unpaired) electrons. The molecule has 1 aliphatic rings. The van der Waals surface area contributed by atoms with Gasteiger partial charge in [0.1, 0.15) is 0 Å². The Bertz CT molecular complexity index is 550. The monoisotopic (exact) mass is 368 g/mol. The van der Waals surface area contributed by atoms with Gasteiger partial charge in [0, 0.05) is 0 Å². The van der Waals surface area contributed by atoms with E-state index in [1.807, 2.05) is 0 Å². The molecule has 1 heterocycles. The molecule has 0 unspecified atom stereocenters. The molecule has 0 aliphatic carbocycles. The zero-order valence-electron chi connectivity index (χ0n) is 9.67. The van der Waals surface area contributed by atoms with Crippen molar-refractivity contribution in [3.05, 3.63) is 45.1 Å². The summed E-state index contributed by atoms with van der Waals surface area (Å²) in [6.45, 7) is 1.99. The average Bonchev–Trinajstić information content (AvgIpc) is 2.84. The second-order valence-corrected chi connectivity index (χ2v) is 7.52. The molecule has 1 aromatic rings. The SMILES string of the molecule is CCOc1ccc(C2=CC=C(C=O)[TeH2]2)c(F)c1F. The van der Waals surface area contributed by atoms with Gasteiger partial charge in [0.15, 0.2) is 0 Å². The van der Waals surface area contributed by atoms with E-state index >= 15 is 0 Å². The Kier molecular flexibility index (Phi) is 4.15. The number of benzene rings is 1. The van der Waals surface area contributed by atoms with Crippen LogP contribution in [-0.2, 0) is 4.79 Å². The Balaban J connectivity index is 2.32. The van der Waals surface area contributed by atoms with Gasteiger partial charge in [0.25, 0.3) is 0 Å². The number of ether oxygens (including phenoxy) is 1. The second kappa shape index (κ2) is 5.64. The van der Waals surface area contributed by atoms with Crippen molar-refractivity contribution in [3.8, 4) is 5.75 Å². The zero-order valence-corrected chi connectivity index (χ0v) is 12.5. The summed E-state index contributed by atoms with van der Waals surface area (Å²) in [7, 11) is 0. The molecule has 2 rings (SSSR count). The van der Waals surface area contributed by atoms with Gasteiger partial charge in [-0.15, -0.1) is 0 Å². The summed E-state index contributed by atoms with van der Waals surface area (Å²) in [5.41, 5.74) is 0.246. The second-order valence-electron chi connectivity index (χ2n) is 3.62. The van der Waals surface area contributed by atoms with E-state index in [0.29, 0.717) is 0 Å². The van der Waals surface area contributed by atoms with Gasteiger partial charge in [-0.2, -0.15) is 0 Å². The molecule has 96 valence electrons. The first kappa shape index (κ1) is 13.3. The Morgan fingerprint density at radius 2 is 2.06 bits per heavy atom. The van der Waals surface area contributed by atoms with E-state index in [4.69, 9.17) is 4.74 Å². The molecule has 0 aromatic heterocycles. The van der Waals surface area contributed by atoms with Gasteiger partial charge >= 0.3 is 114 Å². The number of aldehydes is 1. The first-order chi connectivity index (χ1) is 8.67. The van der Waals surface area contributed by atoms with E-state index < -0.39 is 32.6 Å². The van der Waals surface area contributed by atoms with Crippen molar-refractivity contribution < 1.29 is 18.3 Å². The first-order valence-corrected chi connectivity index (χ1v) is 8.28. The van der Waals surface area contributed by atoms with Crippen LogP contribution >= 0.6 is 0 Å². The maximum atomic E-state index is 13.9. The van der Waals surface area contributed by atoms with Gasteiger partial charge < -0.3 is 0 Å². The van der Waals surface area contributed by atoms with Crippen LogP contribution < -0.4 is 4.74 Å². The van der Waals surface area contributed by atoms with Crippen LogP contribution in [0.1, 0.15) is 12.5 Å². The number of allylic oxidation sites excluding steroid dienone is 3. The third-order valence-corrected chi connectivity index (χ3v) is 6.12. The summed E-state index contributed by atoms with van der Waals surface area (Å²) in [6.07, 6.45) is 4.18. The molecular weight excluding hydrogens is 354 g/mol. The van der Waals surface area contributed by atoms with E-state index in [1.54, 1.807) is 19.1 Å². The van der Waals surface area contributed by atoms with Crippen molar-refractivity contribution in [2.24, 2.45) is 0 Å². The summed E-state index contributed by atoms with van der Waals surface area (Å²) in [6, 6.07) is 2.94. The summed E-state index contributed by atoms with van der Waals surface area (Å²) < 4.78 is 34.1. The van der Waals surface area contributed by atoms with Crippen LogP contribution in [0, 0.1) is 11.6 Å². The molecule has 5 heteroatoms. The van der Waals surface area contributed by atoms with E-state index in [2.05, 4.69) is 0 Å². The third kappa shape index (κ3) is 2.47. The molecular formula is C13H12F2O2Te. The van der Waals surface area contributed by atoms with Crippen LogP contribution in [0.3, 0.4) is 0 Å². The molecule has 0 saturated heterocycles. The first-order valence-electron chi connectivity index (χ1n) is 5.42. The molecule has 1 aromatic carbocycles. The Morgan fingerprint density at radius 1 is 1.28 bits per heavy atom. The van der Waals surface area contributed by atoms with Gasteiger partial charge in [-0.25, -0.2) is 0 Å². The molecule has 0 bridgehead atoms. The molecule has 0 N–H and O–H groups in total. The Labute approximate surface area is 113 Å². The van der Waals surface area contributed by atoms with Crippen molar-refractivity contribution in [2.75, 3.05) is 6.61 Å². The van der Waals surface area contributed by atoms with E-state index in [9.17, 15) is 13.6 Å². The minimum atomic E-state index is -1.27. The van der Waals surface area contributed by atoms with Gasteiger partial charge in [0.05, 0.1) is 0 Å². The molecule has 0 atom stereocenters. The third-order valence-electron chi connectivity index (χ3n) is 2.47. The topological polar surface area (TPSA) is 26.3 Å². The summed E-state index contributed by atoms with van der Waals surface area (Å²) in [5, 5.41) is 0. The number of hydrogen-bond donors (Lipinski definition) is 0. The Hall–Kier alpha value is -1.18. The van der Waals surface area contributed by atoms with Crippen LogP contribution in [-0.4, -0.2) is 33.8 Å². The molecule has 0 spiro atoms. The van der Waals surface area contributed by atoms with E-state index in [-0.39, 0.29) is 17.9 Å². The predicted octanol–water partition coefficient (Wildman–Crippen LogP) is 1.97. The molecule has 18 heavy (non-hydrogen) atoms. The molecule has 0 amide bonds. The van der Waals surface area contributed by atoms with Gasteiger partial charge in [0.2, 0.25) is 0 Å². The van der Waals surface area contributed by atoms with Crippen LogP contribution in [0.4, 0.5) is 8.78 Å². The van der Waals surface area contributed by atoms with Gasteiger partial charge in [-0.1, -0.05) is 0 Å². The van der Waals surface area contributed by atoms with E-state index in [0.717, 1.165) is 13.5 Å². The summed E-state index contributed by atoms with van der Waals surface area (Å²) in [5.74, 6) is -1.94. The minimum absolute atomic E-state index is 0.0775. The van der Waals surface area contributed by atoms with Crippen LogP contribution in [0.5, 0.6) is 5.75 Å². The van der Waals surface area contributed by atoms with E-state index in [1.165, 1.54) is 12.1 Å². The molecule has 0 saturated carbocycles. The van der Waals surface area contributed by atoms with Gasteiger partial charge in [-0.3, -0.25) is 0 Å². The summed E-state index contributed by atoms with van der Waals surface area (Å²) in [4.78, 5) is 10.6. The fraction of sp³-hybridized carbons (Fsp3) is 0.154. The zero-order chi connectivity index (χ0) is 13.1. The normalized spacial score (nSPS) is 16.4. The van der Waals surface area contributed by atoms with Crippen molar-refractivity contribution in [1.29, 1.82) is 0 Å². The summed E-state index contributed by atoms with van der Waals surface area (Å²) >= 11 is -1.27. The number of rotatable bonds is 4. The van der Waals surface area contributed by atoms with Crippen molar-refractivity contribution >= 4 is 30.8 Å². The maximum absolute atomic E-state index is 13.9. The molecule has 2 nitrogen and oxygen atoms in total. The fourth-order valence-corrected chi connectivity index (χ4v) is 4.59.